The molecule has 210 valence electrons. The maximum atomic E-state index is 14.4. The van der Waals surface area contributed by atoms with Crippen LogP contribution in [0.25, 0.3) is 22.3 Å². The molecule has 1 aromatic carbocycles. The molecule has 3 aromatic heterocycles. The Morgan fingerprint density at radius 1 is 1.25 bits per heavy atom. The van der Waals surface area contributed by atoms with Gasteiger partial charge in [0, 0.05) is 11.3 Å². The van der Waals surface area contributed by atoms with Gasteiger partial charge in [0.1, 0.15) is 11.5 Å². The van der Waals surface area contributed by atoms with Crippen LogP contribution in [0.15, 0.2) is 22.8 Å². The number of aryl methyl sites for hydroxylation is 2. The van der Waals surface area contributed by atoms with Gasteiger partial charge in [0.25, 0.3) is 5.91 Å². The van der Waals surface area contributed by atoms with Crippen molar-refractivity contribution in [1.29, 1.82) is 0 Å². The summed E-state index contributed by atoms with van der Waals surface area (Å²) in [5.41, 5.74) is 8.02. The first-order valence-electron chi connectivity index (χ1n) is 13.3. The van der Waals surface area contributed by atoms with Crippen LogP contribution in [0.3, 0.4) is 0 Å². The number of pyridine rings is 1. The summed E-state index contributed by atoms with van der Waals surface area (Å²) in [6.07, 6.45) is 5.08. The number of halogens is 3. The third kappa shape index (κ3) is 4.10. The van der Waals surface area contributed by atoms with Crippen molar-refractivity contribution in [3.05, 3.63) is 51.4 Å². The number of rotatable bonds is 4. The lowest BCUT2D eigenvalue weighted by Gasteiger charge is -2.36. The lowest BCUT2D eigenvalue weighted by molar-refractivity contribution is 0.0865. The smallest absolute Gasteiger partial charge is 0.252 e. The third-order valence-electron chi connectivity index (χ3n) is 8.34. The number of nitrogen functional groups attached to an aromatic ring is 1. The average Bonchev–Trinajstić information content (AvgIpc) is 3.66. The molecule has 6 rings (SSSR count). The first-order valence-corrected chi connectivity index (χ1v) is 14.1. The number of amides is 1. The number of hydrogen-bond donors (Lipinski definition) is 2. The molecule has 2 fully saturated rings. The molecule has 0 spiro atoms. The van der Waals surface area contributed by atoms with Gasteiger partial charge in [-0.2, -0.15) is 5.10 Å². The highest BCUT2D eigenvalue weighted by molar-refractivity contribution is 9.10. The molecule has 2 aliphatic carbocycles. The molecule has 4 aromatic rings. The Hall–Kier alpha value is -3.41. The van der Waals surface area contributed by atoms with E-state index in [2.05, 4.69) is 52.3 Å². The topological polar surface area (TPSA) is 117 Å². The van der Waals surface area contributed by atoms with Gasteiger partial charge in [0.2, 0.25) is 0 Å². The molecule has 12 heteroatoms. The number of anilines is 1. The normalized spacial score (nSPS) is 22.4. The zero-order valence-electron chi connectivity index (χ0n) is 23.0. The number of aromatic nitrogens is 6. The first-order chi connectivity index (χ1) is 18.8. The van der Waals surface area contributed by atoms with Crippen molar-refractivity contribution in [1.82, 2.24) is 35.1 Å². The van der Waals surface area contributed by atoms with Gasteiger partial charge in [0.05, 0.1) is 50.1 Å². The van der Waals surface area contributed by atoms with E-state index in [0.717, 1.165) is 48.5 Å². The molecule has 3 unspecified atom stereocenters. The number of fused-ring (bicyclic) bond motifs is 3. The summed E-state index contributed by atoms with van der Waals surface area (Å²) >= 11 is 2.88. The minimum atomic E-state index is -0.878. The van der Waals surface area contributed by atoms with Gasteiger partial charge in [-0.15, -0.1) is 5.10 Å². The molecule has 2 saturated carbocycles. The lowest BCUT2D eigenvalue weighted by atomic mass is 9.87. The van der Waals surface area contributed by atoms with Gasteiger partial charge in [0.15, 0.2) is 11.5 Å². The number of nitrogens with zero attached hydrogens (tertiary/aromatic N) is 6. The zero-order valence-corrected chi connectivity index (χ0v) is 24.6. The van der Waals surface area contributed by atoms with Crippen molar-refractivity contribution in [2.75, 3.05) is 5.73 Å². The van der Waals surface area contributed by atoms with Crippen LogP contribution in [0.2, 0.25) is 0 Å². The van der Waals surface area contributed by atoms with Crippen LogP contribution in [0, 0.1) is 31.4 Å². The van der Waals surface area contributed by atoms with Crippen LogP contribution in [-0.2, 0) is 5.54 Å². The SMILES string of the molecule is Cc1cc(C(=O)NC23CCC(CC2n2cc(-c4cc(F)c(Br)c(F)c4N)nn2)C3)c2c(C)nn(C(C)(C)C)c2n1. The zero-order chi connectivity index (χ0) is 28.7. The van der Waals surface area contributed by atoms with E-state index in [1.807, 2.05) is 24.6 Å². The summed E-state index contributed by atoms with van der Waals surface area (Å²) in [6.45, 7) is 9.95. The number of carbonyl (C=O) groups is 1. The van der Waals surface area contributed by atoms with Crippen molar-refractivity contribution in [2.24, 2.45) is 5.92 Å². The number of nitrogens with one attached hydrogen (secondary N) is 1. The van der Waals surface area contributed by atoms with E-state index in [4.69, 9.17) is 15.8 Å². The van der Waals surface area contributed by atoms with E-state index in [-0.39, 0.29) is 38.9 Å². The van der Waals surface area contributed by atoms with Gasteiger partial charge in [-0.05, 0) is 94.3 Å². The highest BCUT2D eigenvalue weighted by Crippen LogP contribution is 2.54. The van der Waals surface area contributed by atoms with Crippen LogP contribution in [0.4, 0.5) is 14.5 Å². The van der Waals surface area contributed by atoms with E-state index in [9.17, 15) is 13.6 Å². The van der Waals surface area contributed by atoms with Crippen LogP contribution in [-0.4, -0.2) is 41.2 Å². The Morgan fingerprint density at radius 3 is 2.70 bits per heavy atom. The van der Waals surface area contributed by atoms with E-state index in [1.54, 1.807) is 10.9 Å². The van der Waals surface area contributed by atoms with Crippen molar-refractivity contribution < 1.29 is 13.6 Å². The summed E-state index contributed by atoms with van der Waals surface area (Å²) in [5.74, 6) is -1.41. The molecular weight excluding hydrogens is 582 g/mol. The Bertz CT molecular complexity index is 1690. The Balaban J connectivity index is 1.36. The van der Waals surface area contributed by atoms with Crippen molar-refractivity contribution >= 4 is 38.6 Å². The molecule has 3 heterocycles. The standard InChI is InChI=1S/C28H31BrF2N8O/c1-13-8-17(21-14(2)36-39(25(21)33-13)27(3,4)5)26(40)34-28-7-6-15(11-28)9-20(28)38-12-19(35-37-38)16-10-18(30)22(29)23(31)24(16)32/h8,10,12,15,20H,6-7,9,11,32H2,1-5H3,(H,34,40). The molecule has 3 atom stereocenters. The fourth-order valence-corrected chi connectivity index (χ4v) is 6.84. The van der Waals surface area contributed by atoms with Crippen molar-refractivity contribution in [3.8, 4) is 11.3 Å². The van der Waals surface area contributed by atoms with Crippen LogP contribution in [0.1, 0.15) is 74.2 Å². The summed E-state index contributed by atoms with van der Waals surface area (Å²) < 4.78 is 32.0. The molecule has 2 bridgehead atoms. The van der Waals surface area contributed by atoms with E-state index >= 15 is 0 Å². The highest BCUT2D eigenvalue weighted by atomic mass is 79.9. The molecule has 3 N–H and O–H groups in total. The maximum Gasteiger partial charge on any atom is 0.252 e. The molecule has 9 nitrogen and oxygen atoms in total. The fourth-order valence-electron chi connectivity index (χ4n) is 6.51. The second kappa shape index (κ2) is 9.05. The minimum Gasteiger partial charge on any atom is -0.396 e. The van der Waals surface area contributed by atoms with Crippen LogP contribution >= 0.6 is 15.9 Å². The third-order valence-corrected chi connectivity index (χ3v) is 9.06. The van der Waals surface area contributed by atoms with Gasteiger partial charge in [-0.1, -0.05) is 5.21 Å². The first kappa shape index (κ1) is 26.8. The molecule has 0 radical (unpaired) electrons. The maximum absolute atomic E-state index is 14.4. The molecule has 40 heavy (non-hydrogen) atoms. The Labute approximate surface area is 238 Å². The Kier molecular flexibility index (Phi) is 6.06. The Morgan fingerprint density at radius 2 is 2.00 bits per heavy atom. The van der Waals surface area contributed by atoms with Crippen molar-refractivity contribution in [2.45, 2.75) is 77.4 Å². The van der Waals surface area contributed by atoms with E-state index < -0.39 is 17.2 Å². The summed E-state index contributed by atoms with van der Waals surface area (Å²) in [5, 5.41) is 17.4. The van der Waals surface area contributed by atoms with Gasteiger partial charge in [-0.3, -0.25) is 4.79 Å². The molecular formula is C28H31BrF2N8O. The summed E-state index contributed by atoms with van der Waals surface area (Å²) in [7, 11) is 0. The molecule has 0 aliphatic heterocycles. The lowest BCUT2D eigenvalue weighted by Crippen LogP contribution is -2.51. The number of hydrogen-bond acceptors (Lipinski definition) is 6. The van der Waals surface area contributed by atoms with Crippen molar-refractivity contribution in [3.63, 3.8) is 0 Å². The second-order valence-electron chi connectivity index (χ2n) is 12.2. The number of benzene rings is 1. The summed E-state index contributed by atoms with van der Waals surface area (Å²) in [6, 6.07) is 2.80. The molecule has 1 amide bonds. The monoisotopic (exact) mass is 612 g/mol. The second-order valence-corrected chi connectivity index (χ2v) is 13.0. The van der Waals surface area contributed by atoms with Gasteiger partial charge < -0.3 is 11.1 Å². The van der Waals surface area contributed by atoms with Crippen LogP contribution in [0.5, 0.6) is 0 Å². The van der Waals surface area contributed by atoms with Gasteiger partial charge >= 0.3 is 0 Å². The van der Waals surface area contributed by atoms with Gasteiger partial charge in [-0.25, -0.2) is 23.1 Å². The highest BCUT2D eigenvalue weighted by Gasteiger charge is 2.54. The minimum absolute atomic E-state index is 0.131. The number of nitrogens with two attached hydrogens (primary N) is 1. The fraction of sp³-hybridized carbons (Fsp3) is 0.464. The largest absolute Gasteiger partial charge is 0.396 e. The number of carbonyl (C=O) groups excluding carboxylic acids is 1. The van der Waals surface area contributed by atoms with E-state index in [0.29, 0.717) is 17.1 Å². The predicted molar refractivity (Wildman–Crippen MR) is 151 cm³/mol. The van der Waals surface area contributed by atoms with Crippen LogP contribution < -0.4 is 11.1 Å². The average molecular weight is 614 g/mol. The molecule has 0 saturated heterocycles. The van der Waals surface area contributed by atoms with E-state index in [1.165, 1.54) is 0 Å². The summed E-state index contributed by atoms with van der Waals surface area (Å²) in [4.78, 5) is 18.7. The predicted octanol–water partition coefficient (Wildman–Crippen LogP) is 5.60. The quantitative estimate of drug-likeness (QED) is 0.229. The molecule has 2 aliphatic rings.